The van der Waals surface area contributed by atoms with E-state index in [9.17, 15) is 8.42 Å². The van der Waals surface area contributed by atoms with Crippen molar-refractivity contribution in [3.63, 3.8) is 0 Å². The Balaban J connectivity index is 1.73. The molecule has 2 aromatic carbocycles. The van der Waals surface area contributed by atoms with Gasteiger partial charge in [-0.3, -0.25) is 0 Å². The number of nitrogens with zero attached hydrogens (tertiary/aromatic N) is 2. The van der Waals surface area contributed by atoms with Gasteiger partial charge in [-0.1, -0.05) is 25.1 Å². The molecule has 0 radical (unpaired) electrons. The van der Waals surface area contributed by atoms with Crippen molar-refractivity contribution >= 4 is 15.5 Å². The molecule has 0 saturated carbocycles. The number of rotatable bonds is 3. The number of hydrogen-bond donors (Lipinski definition) is 0. The first-order valence-corrected chi connectivity index (χ1v) is 10.9. The van der Waals surface area contributed by atoms with Crippen LogP contribution in [0.2, 0.25) is 0 Å². The third-order valence-electron chi connectivity index (χ3n) is 6.05. The largest absolute Gasteiger partial charge is 0.371 e. The average Bonchev–Trinajstić information content (AvgIpc) is 2.82. The van der Waals surface area contributed by atoms with Crippen LogP contribution < -0.4 is 4.90 Å². The number of sulfone groups is 1. The van der Waals surface area contributed by atoms with E-state index in [1.54, 1.807) is 30.3 Å². The average molecular weight is 371 g/mol. The Labute approximate surface area is 156 Å². The first kappa shape index (κ1) is 17.6. The standard InChI is InChI=1S/C21H26N2O2S/c1-3-23-13-11-18-19-15-17(26(24,25)16-7-5-4-6-8-16)9-10-20(19)22(2)21(18)12-14-23/h4-10,15,18,21H,3,11-14H2,1-2H3/t18-,21+/m0/s1. The summed E-state index contributed by atoms with van der Waals surface area (Å²) in [5.74, 6) is 0.414. The van der Waals surface area contributed by atoms with Crippen LogP contribution in [0.15, 0.2) is 58.3 Å². The molecule has 0 aromatic heterocycles. The molecular formula is C21H26N2O2S. The van der Waals surface area contributed by atoms with Gasteiger partial charge in [-0.05, 0) is 61.8 Å². The molecular weight excluding hydrogens is 344 g/mol. The van der Waals surface area contributed by atoms with Gasteiger partial charge in [0.15, 0.2) is 0 Å². The zero-order valence-corrected chi connectivity index (χ0v) is 16.2. The van der Waals surface area contributed by atoms with Gasteiger partial charge in [0.05, 0.1) is 9.79 Å². The molecule has 0 unspecified atom stereocenters. The molecule has 4 rings (SSSR count). The highest BCUT2D eigenvalue weighted by Gasteiger charge is 2.38. The Kier molecular flexibility index (Phi) is 4.53. The molecule has 0 aliphatic carbocycles. The normalized spacial score (nSPS) is 23.4. The van der Waals surface area contributed by atoms with Crippen LogP contribution >= 0.6 is 0 Å². The lowest BCUT2D eigenvalue weighted by Crippen LogP contribution is -2.31. The smallest absolute Gasteiger partial charge is 0.206 e. The number of benzene rings is 2. The third-order valence-corrected chi connectivity index (χ3v) is 7.82. The van der Waals surface area contributed by atoms with Gasteiger partial charge in [0.25, 0.3) is 0 Å². The maximum absolute atomic E-state index is 13.0. The minimum absolute atomic E-state index is 0.362. The summed E-state index contributed by atoms with van der Waals surface area (Å²) >= 11 is 0. The van der Waals surface area contributed by atoms with Gasteiger partial charge >= 0.3 is 0 Å². The summed E-state index contributed by atoms with van der Waals surface area (Å²) in [5, 5.41) is 0. The van der Waals surface area contributed by atoms with Crippen LogP contribution in [0.25, 0.3) is 0 Å². The van der Waals surface area contributed by atoms with E-state index < -0.39 is 9.84 Å². The highest BCUT2D eigenvalue weighted by molar-refractivity contribution is 7.91. The van der Waals surface area contributed by atoms with Crippen LogP contribution in [0.3, 0.4) is 0 Å². The number of fused-ring (bicyclic) bond motifs is 3. The van der Waals surface area contributed by atoms with Crippen molar-refractivity contribution in [2.75, 3.05) is 31.6 Å². The highest BCUT2D eigenvalue weighted by Crippen LogP contribution is 2.45. The molecule has 0 amide bonds. The van der Waals surface area contributed by atoms with E-state index in [0.717, 1.165) is 32.5 Å². The first-order chi connectivity index (χ1) is 12.5. The maximum atomic E-state index is 13.0. The Hall–Kier alpha value is -1.85. The molecule has 2 aliphatic heterocycles. The van der Waals surface area contributed by atoms with Crippen molar-refractivity contribution in [2.45, 2.75) is 41.5 Å². The summed E-state index contributed by atoms with van der Waals surface area (Å²) in [4.78, 5) is 5.63. The number of anilines is 1. The molecule has 0 spiro atoms. The maximum Gasteiger partial charge on any atom is 0.206 e. The lowest BCUT2D eigenvalue weighted by atomic mass is 9.91. The molecule has 138 valence electrons. The number of likely N-dealkylation sites (tertiary alicyclic amines) is 1. The summed E-state index contributed by atoms with van der Waals surface area (Å²) in [6, 6.07) is 14.9. The minimum Gasteiger partial charge on any atom is -0.371 e. The molecule has 26 heavy (non-hydrogen) atoms. The third kappa shape index (κ3) is 2.83. The zero-order valence-electron chi connectivity index (χ0n) is 15.4. The van der Waals surface area contributed by atoms with Gasteiger partial charge in [0, 0.05) is 31.2 Å². The molecule has 1 saturated heterocycles. The second-order valence-electron chi connectivity index (χ2n) is 7.33. The van der Waals surface area contributed by atoms with Gasteiger partial charge < -0.3 is 9.80 Å². The zero-order chi connectivity index (χ0) is 18.3. The van der Waals surface area contributed by atoms with Crippen LogP contribution in [-0.4, -0.2) is 46.0 Å². The Morgan fingerprint density at radius 1 is 1.00 bits per heavy atom. The monoisotopic (exact) mass is 370 g/mol. The quantitative estimate of drug-likeness (QED) is 0.829. The van der Waals surface area contributed by atoms with E-state index in [1.165, 1.54) is 11.3 Å². The predicted octanol–water partition coefficient (Wildman–Crippen LogP) is 3.54. The lowest BCUT2D eigenvalue weighted by Gasteiger charge is -2.25. The summed E-state index contributed by atoms with van der Waals surface area (Å²) in [6.45, 7) is 5.49. The SMILES string of the molecule is CCN1CC[C@@H]2[C@@H](CC1)c1cc(S(=O)(=O)c3ccccc3)ccc1N2C. The molecule has 2 heterocycles. The fourth-order valence-electron chi connectivity index (χ4n) is 4.52. The van der Waals surface area contributed by atoms with Crippen LogP contribution in [-0.2, 0) is 9.84 Å². The first-order valence-electron chi connectivity index (χ1n) is 9.41. The van der Waals surface area contributed by atoms with Gasteiger partial charge in [-0.15, -0.1) is 0 Å². The fourth-order valence-corrected chi connectivity index (χ4v) is 5.83. The minimum atomic E-state index is -3.47. The highest BCUT2D eigenvalue weighted by atomic mass is 32.2. The topological polar surface area (TPSA) is 40.6 Å². The Morgan fingerprint density at radius 3 is 2.46 bits per heavy atom. The van der Waals surface area contributed by atoms with E-state index in [0.29, 0.717) is 21.8 Å². The van der Waals surface area contributed by atoms with E-state index in [-0.39, 0.29) is 0 Å². The van der Waals surface area contributed by atoms with E-state index >= 15 is 0 Å². The van der Waals surface area contributed by atoms with Crippen molar-refractivity contribution in [1.82, 2.24) is 4.90 Å². The van der Waals surface area contributed by atoms with Crippen LogP contribution in [0, 0.1) is 0 Å². The Morgan fingerprint density at radius 2 is 1.73 bits per heavy atom. The molecule has 2 aliphatic rings. The second kappa shape index (κ2) is 6.71. The number of likely N-dealkylation sites (N-methyl/N-ethyl adjacent to an activating group) is 1. The Bertz CT molecular complexity index is 895. The lowest BCUT2D eigenvalue weighted by molar-refractivity contribution is 0.298. The second-order valence-corrected chi connectivity index (χ2v) is 9.28. The fraction of sp³-hybridized carbons (Fsp3) is 0.429. The molecule has 2 aromatic rings. The van der Waals surface area contributed by atoms with Crippen LogP contribution in [0.4, 0.5) is 5.69 Å². The predicted molar refractivity (Wildman–Crippen MR) is 105 cm³/mol. The van der Waals surface area contributed by atoms with Crippen molar-refractivity contribution < 1.29 is 8.42 Å². The van der Waals surface area contributed by atoms with Crippen molar-refractivity contribution in [3.05, 3.63) is 54.1 Å². The van der Waals surface area contributed by atoms with Crippen LogP contribution in [0.1, 0.15) is 31.2 Å². The van der Waals surface area contributed by atoms with Crippen molar-refractivity contribution in [1.29, 1.82) is 0 Å². The van der Waals surface area contributed by atoms with Gasteiger partial charge in [-0.25, -0.2) is 8.42 Å². The van der Waals surface area contributed by atoms with E-state index in [4.69, 9.17) is 0 Å². The molecule has 4 nitrogen and oxygen atoms in total. The molecule has 1 fully saturated rings. The molecule has 0 N–H and O–H groups in total. The summed E-state index contributed by atoms with van der Waals surface area (Å²) < 4.78 is 26.0. The summed E-state index contributed by atoms with van der Waals surface area (Å²) in [7, 11) is -1.32. The van der Waals surface area contributed by atoms with Crippen LogP contribution in [0.5, 0.6) is 0 Å². The molecule has 0 bridgehead atoms. The summed E-state index contributed by atoms with van der Waals surface area (Å²) in [6.07, 6.45) is 2.22. The molecule has 5 heteroatoms. The molecule has 2 atom stereocenters. The van der Waals surface area contributed by atoms with Gasteiger partial charge in [-0.2, -0.15) is 0 Å². The van der Waals surface area contributed by atoms with Gasteiger partial charge in [0.2, 0.25) is 9.84 Å². The van der Waals surface area contributed by atoms with Crippen molar-refractivity contribution in [2.24, 2.45) is 0 Å². The summed E-state index contributed by atoms with van der Waals surface area (Å²) in [5.41, 5.74) is 2.39. The van der Waals surface area contributed by atoms with E-state index in [2.05, 4.69) is 23.8 Å². The van der Waals surface area contributed by atoms with E-state index in [1.807, 2.05) is 18.2 Å². The number of hydrogen-bond acceptors (Lipinski definition) is 4. The van der Waals surface area contributed by atoms with Gasteiger partial charge in [0.1, 0.15) is 0 Å². The van der Waals surface area contributed by atoms with Crippen molar-refractivity contribution in [3.8, 4) is 0 Å².